The van der Waals surface area contributed by atoms with Crippen molar-refractivity contribution in [3.8, 4) is 5.75 Å². The van der Waals surface area contributed by atoms with E-state index in [-0.39, 0.29) is 17.1 Å². The van der Waals surface area contributed by atoms with Gasteiger partial charge in [-0.05, 0) is 25.0 Å². The average molecular weight is 328 g/mol. The van der Waals surface area contributed by atoms with Crippen LogP contribution in [0.3, 0.4) is 0 Å². The largest absolute Gasteiger partial charge is 0.508 e. The number of phenolic OH excluding ortho intramolecular Hbond substituents is 1. The fourth-order valence-corrected chi connectivity index (χ4v) is 2.61. The van der Waals surface area contributed by atoms with Gasteiger partial charge in [0.2, 0.25) is 0 Å². The molecule has 1 aliphatic carbocycles. The monoisotopic (exact) mass is 328 g/mol. The Morgan fingerprint density at radius 2 is 1.88 bits per heavy atom. The zero-order chi connectivity index (χ0) is 17.3. The molecular weight excluding hydrogens is 316 g/mol. The van der Waals surface area contributed by atoms with Crippen LogP contribution in [0.2, 0.25) is 0 Å². The number of nitrogens with zero attached hydrogens (tertiary/aromatic N) is 3. The molecule has 0 radical (unpaired) electrons. The smallest absolute Gasteiger partial charge is 0.301 e. The van der Waals surface area contributed by atoms with Crippen molar-refractivity contribution in [3.63, 3.8) is 0 Å². The molecule has 2 aromatic rings. The highest BCUT2D eigenvalue weighted by atomic mass is 16.6. The second-order valence-electron chi connectivity index (χ2n) is 5.19. The highest BCUT2D eigenvalue weighted by Gasteiger charge is 2.22. The molecule has 0 fully saturated rings. The van der Waals surface area contributed by atoms with Crippen LogP contribution in [0, 0.1) is 20.2 Å². The normalized spacial score (nSPS) is 14.4. The van der Waals surface area contributed by atoms with E-state index >= 15 is 0 Å². The van der Waals surface area contributed by atoms with Crippen molar-refractivity contribution >= 4 is 22.8 Å². The minimum absolute atomic E-state index is 0.0618. The maximum Gasteiger partial charge on any atom is 0.301 e. The van der Waals surface area contributed by atoms with Crippen LogP contribution in [0.4, 0.5) is 17.1 Å². The number of benzene rings is 2. The van der Waals surface area contributed by atoms with Crippen molar-refractivity contribution in [2.24, 2.45) is 5.10 Å². The van der Waals surface area contributed by atoms with E-state index in [1.807, 2.05) is 6.07 Å². The van der Waals surface area contributed by atoms with E-state index in [2.05, 4.69) is 10.5 Å². The average Bonchev–Trinajstić information content (AvgIpc) is 2.97. The second kappa shape index (κ2) is 5.95. The molecule has 0 heterocycles. The maximum absolute atomic E-state index is 11.1. The summed E-state index contributed by atoms with van der Waals surface area (Å²) in [5.41, 5.74) is 4.11. The molecule has 9 nitrogen and oxygen atoms in total. The van der Waals surface area contributed by atoms with Crippen LogP contribution >= 0.6 is 0 Å². The number of non-ortho nitro benzene ring substituents is 1. The van der Waals surface area contributed by atoms with Gasteiger partial charge in [0.05, 0.1) is 21.6 Å². The zero-order valence-corrected chi connectivity index (χ0v) is 12.3. The lowest BCUT2D eigenvalue weighted by atomic mass is 10.1. The van der Waals surface area contributed by atoms with Gasteiger partial charge in [-0.15, -0.1) is 0 Å². The van der Waals surface area contributed by atoms with Gasteiger partial charge < -0.3 is 5.11 Å². The summed E-state index contributed by atoms with van der Waals surface area (Å²) in [6, 6.07) is 8.41. The van der Waals surface area contributed by atoms with Crippen molar-refractivity contribution in [1.82, 2.24) is 0 Å². The van der Waals surface area contributed by atoms with Gasteiger partial charge in [-0.25, -0.2) is 0 Å². The summed E-state index contributed by atoms with van der Waals surface area (Å²) in [4.78, 5) is 20.4. The molecule has 122 valence electrons. The molecular formula is C15H12N4O5. The predicted octanol–water partition coefficient (Wildman–Crippen LogP) is 2.97. The lowest BCUT2D eigenvalue weighted by Crippen LogP contribution is -2.02. The Morgan fingerprint density at radius 1 is 1.08 bits per heavy atom. The van der Waals surface area contributed by atoms with E-state index in [0.29, 0.717) is 18.6 Å². The number of nitro groups is 2. The quantitative estimate of drug-likeness (QED) is 0.655. The van der Waals surface area contributed by atoms with Crippen LogP contribution in [0.25, 0.3) is 0 Å². The highest BCUT2D eigenvalue weighted by Crippen LogP contribution is 2.32. The van der Waals surface area contributed by atoms with Crippen molar-refractivity contribution in [2.45, 2.75) is 12.8 Å². The van der Waals surface area contributed by atoms with Gasteiger partial charge in [0.15, 0.2) is 0 Å². The minimum Gasteiger partial charge on any atom is -0.508 e. The molecule has 2 aromatic carbocycles. The minimum atomic E-state index is -0.704. The number of nitrogens with one attached hydrogen (secondary N) is 1. The van der Waals surface area contributed by atoms with E-state index in [0.717, 1.165) is 17.2 Å². The van der Waals surface area contributed by atoms with Gasteiger partial charge >= 0.3 is 5.69 Å². The summed E-state index contributed by atoms with van der Waals surface area (Å²) in [6.07, 6.45) is 1.21. The molecule has 0 saturated heterocycles. The van der Waals surface area contributed by atoms with Gasteiger partial charge in [0.1, 0.15) is 11.4 Å². The van der Waals surface area contributed by atoms with Crippen molar-refractivity contribution in [2.75, 3.05) is 5.43 Å². The maximum atomic E-state index is 11.1. The third-order valence-corrected chi connectivity index (χ3v) is 3.77. The SMILES string of the molecule is O=[N+]([O-])c1ccc(NN=C2CCc3c(O)cccc32)c([N+](=O)[O-])c1. The van der Waals surface area contributed by atoms with Crippen LogP contribution in [0.5, 0.6) is 5.75 Å². The van der Waals surface area contributed by atoms with Crippen LogP contribution in [0.15, 0.2) is 41.5 Å². The molecule has 1 aliphatic rings. The number of anilines is 1. The molecule has 0 saturated carbocycles. The standard InChI is InChI=1S/C15H12N4O5/c20-15-3-1-2-10-11(15)5-7-12(10)16-17-13-6-4-9(18(21)22)8-14(13)19(23)24/h1-4,6,8,17,20H,5,7H2. The number of nitro benzene ring substituents is 2. The summed E-state index contributed by atoms with van der Waals surface area (Å²) in [6.45, 7) is 0. The molecule has 0 amide bonds. The highest BCUT2D eigenvalue weighted by molar-refractivity contribution is 6.05. The Bertz CT molecular complexity index is 878. The van der Waals surface area contributed by atoms with Crippen LogP contribution in [-0.2, 0) is 6.42 Å². The second-order valence-corrected chi connectivity index (χ2v) is 5.19. The number of hydrogen-bond acceptors (Lipinski definition) is 7. The van der Waals surface area contributed by atoms with E-state index in [9.17, 15) is 25.3 Å². The fourth-order valence-electron chi connectivity index (χ4n) is 2.61. The van der Waals surface area contributed by atoms with Crippen LogP contribution in [-0.4, -0.2) is 20.7 Å². The van der Waals surface area contributed by atoms with Crippen LogP contribution in [0.1, 0.15) is 17.5 Å². The summed E-state index contributed by atoms with van der Waals surface area (Å²) >= 11 is 0. The topological polar surface area (TPSA) is 131 Å². The molecule has 0 spiro atoms. The van der Waals surface area contributed by atoms with Crippen LogP contribution < -0.4 is 5.43 Å². The van der Waals surface area contributed by atoms with Crippen molar-refractivity contribution in [3.05, 3.63) is 67.8 Å². The molecule has 0 aromatic heterocycles. The first-order valence-corrected chi connectivity index (χ1v) is 7.04. The summed E-state index contributed by atoms with van der Waals surface area (Å²) < 4.78 is 0. The Labute approximate surface area is 135 Å². The Kier molecular flexibility index (Phi) is 3.82. The number of hydrogen-bond donors (Lipinski definition) is 2. The first-order valence-electron chi connectivity index (χ1n) is 7.04. The van der Waals surface area contributed by atoms with E-state index in [1.165, 1.54) is 12.1 Å². The first-order chi connectivity index (χ1) is 11.5. The predicted molar refractivity (Wildman–Crippen MR) is 86.3 cm³/mol. The third-order valence-electron chi connectivity index (χ3n) is 3.77. The number of fused-ring (bicyclic) bond motifs is 1. The lowest BCUT2D eigenvalue weighted by molar-refractivity contribution is -0.393. The number of hydrazone groups is 1. The molecule has 0 aliphatic heterocycles. The van der Waals surface area contributed by atoms with Gasteiger partial charge in [0.25, 0.3) is 5.69 Å². The lowest BCUT2D eigenvalue weighted by Gasteiger charge is -2.05. The Hall–Kier alpha value is -3.49. The van der Waals surface area contributed by atoms with E-state index < -0.39 is 15.5 Å². The number of phenols is 1. The number of aromatic hydroxyl groups is 1. The fraction of sp³-hybridized carbons (Fsp3) is 0.133. The molecule has 24 heavy (non-hydrogen) atoms. The van der Waals surface area contributed by atoms with E-state index in [4.69, 9.17) is 0 Å². The van der Waals surface area contributed by atoms with Crippen molar-refractivity contribution < 1.29 is 15.0 Å². The molecule has 2 N–H and O–H groups in total. The molecule has 3 rings (SSSR count). The van der Waals surface area contributed by atoms with Gasteiger partial charge in [0, 0.05) is 17.2 Å². The number of rotatable bonds is 4. The Balaban J connectivity index is 1.92. The van der Waals surface area contributed by atoms with Gasteiger partial charge in [-0.1, -0.05) is 12.1 Å². The zero-order valence-electron chi connectivity index (χ0n) is 12.3. The Morgan fingerprint density at radius 3 is 2.58 bits per heavy atom. The first kappa shape index (κ1) is 15.4. The molecule has 9 heteroatoms. The molecule has 0 bridgehead atoms. The van der Waals surface area contributed by atoms with E-state index in [1.54, 1.807) is 12.1 Å². The van der Waals surface area contributed by atoms with Gasteiger partial charge in [-0.3, -0.25) is 25.7 Å². The van der Waals surface area contributed by atoms with Gasteiger partial charge in [-0.2, -0.15) is 5.10 Å². The summed E-state index contributed by atoms with van der Waals surface area (Å²) in [5.74, 6) is 0.194. The molecule has 0 unspecified atom stereocenters. The van der Waals surface area contributed by atoms with Crippen molar-refractivity contribution in [1.29, 1.82) is 0 Å². The molecule has 0 atom stereocenters. The summed E-state index contributed by atoms with van der Waals surface area (Å²) in [7, 11) is 0. The summed E-state index contributed by atoms with van der Waals surface area (Å²) in [5, 5.41) is 35.8. The third kappa shape index (κ3) is 2.74.